The van der Waals surface area contributed by atoms with Crippen LogP contribution in [0.25, 0.3) is 0 Å². The van der Waals surface area contributed by atoms with Gasteiger partial charge in [-0.2, -0.15) is 4.31 Å². The number of nitrogens with zero attached hydrogens (tertiary/aromatic N) is 3. The minimum absolute atomic E-state index is 0.112. The first kappa shape index (κ1) is 19.3. The molecule has 0 spiro atoms. The first-order chi connectivity index (χ1) is 12.2. The molecule has 2 aliphatic rings. The highest BCUT2D eigenvalue weighted by atomic mass is 32.2. The Labute approximate surface area is 154 Å². The van der Waals surface area contributed by atoms with Crippen molar-refractivity contribution in [3.05, 3.63) is 11.5 Å². The molecule has 146 valence electrons. The molecule has 9 heteroatoms. The number of piperazine rings is 1. The molecular weight excluding hydrogens is 356 g/mol. The number of hydrogen-bond acceptors (Lipinski definition) is 6. The van der Waals surface area contributed by atoms with E-state index in [0.717, 1.165) is 6.54 Å². The summed E-state index contributed by atoms with van der Waals surface area (Å²) in [5.74, 6) is 0.350. The van der Waals surface area contributed by atoms with Gasteiger partial charge in [0.15, 0.2) is 5.76 Å². The van der Waals surface area contributed by atoms with Crippen molar-refractivity contribution >= 4 is 15.9 Å². The number of amides is 1. The maximum absolute atomic E-state index is 12.9. The molecule has 0 radical (unpaired) electrons. The Balaban J connectivity index is 1.67. The molecule has 2 fully saturated rings. The highest BCUT2D eigenvalue weighted by Crippen LogP contribution is 2.29. The van der Waals surface area contributed by atoms with Crippen molar-refractivity contribution in [1.29, 1.82) is 0 Å². The lowest BCUT2D eigenvalue weighted by molar-refractivity contribution is -0.140. The van der Waals surface area contributed by atoms with Crippen LogP contribution in [0.3, 0.4) is 0 Å². The maximum atomic E-state index is 12.9. The van der Waals surface area contributed by atoms with Gasteiger partial charge < -0.3 is 14.7 Å². The summed E-state index contributed by atoms with van der Waals surface area (Å²) in [7, 11) is -3.63. The maximum Gasteiger partial charge on any atom is 0.248 e. The Morgan fingerprint density at radius 2 is 1.85 bits per heavy atom. The molecule has 0 aliphatic carbocycles. The first-order valence-corrected chi connectivity index (χ1v) is 10.6. The molecule has 1 aromatic heterocycles. The van der Waals surface area contributed by atoms with Crippen LogP contribution in [0.4, 0.5) is 0 Å². The van der Waals surface area contributed by atoms with E-state index in [4.69, 9.17) is 4.52 Å². The van der Waals surface area contributed by atoms with E-state index in [0.29, 0.717) is 43.9 Å². The number of rotatable bonds is 3. The van der Waals surface area contributed by atoms with E-state index < -0.39 is 10.0 Å². The predicted molar refractivity (Wildman–Crippen MR) is 96.1 cm³/mol. The van der Waals surface area contributed by atoms with Gasteiger partial charge in [0.1, 0.15) is 10.6 Å². The topological polar surface area (TPSA) is 95.8 Å². The van der Waals surface area contributed by atoms with E-state index >= 15 is 0 Å². The standard InChI is InChI=1S/C17H28N4O4S/c1-11-13(3)21(10-7-18-11)17(22)15-5-8-20(9-6-15)26(23,24)16-12(2)19-25-14(16)4/h11,13,15,18H,5-10H2,1-4H3. The Kier molecular flexibility index (Phi) is 5.41. The largest absolute Gasteiger partial charge is 0.360 e. The van der Waals surface area contributed by atoms with Gasteiger partial charge in [0.05, 0.1) is 0 Å². The quantitative estimate of drug-likeness (QED) is 0.832. The lowest BCUT2D eigenvalue weighted by Crippen LogP contribution is -2.59. The second kappa shape index (κ2) is 7.28. The Morgan fingerprint density at radius 1 is 1.19 bits per heavy atom. The van der Waals surface area contributed by atoms with Gasteiger partial charge in [-0.15, -0.1) is 0 Å². The molecule has 2 atom stereocenters. The van der Waals surface area contributed by atoms with Gasteiger partial charge in [0.2, 0.25) is 15.9 Å². The van der Waals surface area contributed by atoms with Crippen LogP contribution in [0, 0.1) is 19.8 Å². The van der Waals surface area contributed by atoms with Gasteiger partial charge in [-0.05, 0) is 40.5 Å². The van der Waals surface area contributed by atoms with Crippen molar-refractivity contribution in [3.63, 3.8) is 0 Å². The Bertz CT molecular complexity index is 748. The summed E-state index contributed by atoms with van der Waals surface area (Å²) >= 11 is 0. The lowest BCUT2D eigenvalue weighted by Gasteiger charge is -2.41. The molecule has 1 N–H and O–H groups in total. The summed E-state index contributed by atoms with van der Waals surface area (Å²) in [6.07, 6.45) is 1.10. The van der Waals surface area contributed by atoms with Gasteiger partial charge in [0.25, 0.3) is 0 Å². The number of sulfonamides is 1. The minimum Gasteiger partial charge on any atom is -0.360 e. The van der Waals surface area contributed by atoms with Crippen LogP contribution in [0.1, 0.15) is 38.1 Å². The highest BCUT2D eigenvalue weighted by molar-refractivity contribution is 7.89. The molecule has 2 unspecified atom stereocenters. The second-order valence-electron chi connectivity index (χ2n) is 7.35. The van der Waals surface area contributed by atoms with Gasteiger partial charge in [-0.3, -0.25) is 4.79 Å². The smallest absolute Gasteiger partial charge is 0.248 e. The number of hydrogen-bond donors (Lipinski definition) is 1. The van der Waals surface area contributed by atoms with Crippen LogP contribution in [-0.2, 0) is 14.8 Å². The lowest BCUT2D eigenvalue weighted by atomic mass is 9.94. The van der Waals surface area contributed by atoms with Crippen LogP contribution >= 0.6 is 0 Å². The zero-order chi connectivity index (χ0) is 19.1. The van der Waals surface area contributed by atoms with Gasteiger partial charge in [-0.25, -0.2) is 8.42 Å². The van der Waals surface area contributed by atoms with E-state index in [1.54, 1.807) is 13.8 Å². The van der Waals surface area contributed by atoms with E-state index in [1.807, 2.05) is 4.90 Å². The molecule has 1 aromatic rings. The third-order valence-corrected chi connectivity index (χ3v) is 7.83. The van der Waals surface area contributed by atoms with Gasteiger partial charge >= 0.3 is 0 Å². The molecular formula is C17H28N4O4S. The fourth-order valence-corrected chi connectivity index (χ4v) is 5.68. The number of carbonyl (C=O) groups excluding carboxylic acids is 1. The van der Waals surface area contributed by atoms with Crippen LogP contribution in [0.5, 0.6) is 0 Å². The van der Waals surface area contributed by atoms with E-state index in [1.165, 1.54) is 4.31 Å². The van der Waals surface area contributed by atoms with Crippen LogP contribution in [0.15, 0.2) is 9.42 Å². The highest BCUT2D eigenvalue weighted by Gasteiger charge is 2.38. The summed E-state index contributed by atoms with van der Waals surface area (Å²) in [6, 6.07) is 0.424. The molecule has 2 saturated heterocycles. The third-order valence-electron chi connectivity index (χ3n) is 5.69. The average Bonchev–Trinajstić information content (AvgIpc) is 2.96. The summed E-state index contributed by atoms with van der Waals surface area (Å²) in [5, 5.41) is 7.13. The SMILES string of the molecule is Cc1noc(C)c1S(=O)(=O)N1CCC(C(=O)N2CCNC(C)C2C)CC1. The molecule has 0 saturated carbocycles. The molecule has 0 aromatic carbocycles. The molecule has 0 bridgehead atoms. The molecule has 1 amide bonds. The Hall–Kier alpha value is -1.45. The second-order valence-corrected chi connectivity index (χ2v) is 9.22. The molecule has 3 rings (SSSR count). The number of aromatic nitrogens is 1. The molecule has 3 heterocycles. The zero-order valence-electron chi connectivity index (χ0n) is 15.9. The summed E-state index contributed by atoms with van der Waals surface area (Å²) < 4.78 is 32.2. The van der Waals surface area contributed by atoms with Crippen molar-refractivity contribution in [2.75, 3.05) is 26.2 Å². The fraction of sp³-hybridized carbons (Fsp3) is 0.765. The number of nitrogens with one attached hydrogen (secondary N) is 1. The first-order valence-electron chi connectivity index (χ1n) is 9.20. The van der Waals surface area contributed by atoms with E-state index in [9.17, 15) is 13.2 Å². The summed E-state index contributed by atoms with van der Waals surface area (Å²) in [4.78, 5) is 15.0. The minimum atomic E-state index is -3.63. The van der Waals surface area contributed by atoms with Crippen molar-refractivity contribution in [1.82, 2.24) is 19.7 Å². The third kappa shape index (κ3) is 3.39. The van der Waals surface area contributed by atoms with Crippen LogP contribution in [0.2, 0.25) is 0 Å². The fourth-order valence-electron chi connectivity index (χ4n) is 3.92. The van der Waals surface area contributed by atoms with Crippen LogP contribution < -0.4 is 5.32 Å². The van der Waals surface area contributed by atoms with Crippen molar-refractivity contribution in [3.8, 4) is 0 Å². The van der Waals surface area contributed by atoms with Gasteiger partial charge in [0, 0.05) is 44.2 Å². The average molecular weight is 385 g/mol. The number of carbonyl (C=O) groups is 1. The Morgan fingerprint density at radius 3 is 2.42 bits per heavy atom. The normalized spacial score (nSPS) is 26.2. The molecule has 8 nitrogen and oxygen atoms in total. The summed E-state index contributed by atoms with van der Waals surface area (Å²) in [6.45, 7) is 9.59. The summed E-state index contributed by atoms with van der Waals surface area (Å²) in [5.41, 5.74) is 0.379. The van der Waals surface area contributed by atoms with E-state index in [2.05, 4.69) is 24.3 Å². The van der Waals surface area contributed by atoms with Crippen molar-refractivity contribution < 1.29 is 17.7 Å². The zero-order valence-corrected chi connectivity index (χ0v) is 16.7. The van der Waals surface area contributed by atoms with E-state index in [-0.39, 0.29) is 28.8 Å². The monoisotopic (exact) mass is 384 g/mol. The number of piperidine rings is 1. The molecule has 2 aliphatic heterocycles. The molecule has 26 heavy (non-hydrogen) atoms. The van der Waals surface area contributed by atoms with Crippen molar-refractivity contribution in [2.24, 2.45) is 5.92 Å². The van der Waals surface area contributed by atoms with Gasteiger partial charge in [-0.1, -0.05) is 5.16 Å². The van der Waals surface area contributed by atoms with Crippen LogP contribution in [-0.4, -0.2) is 66.9 Å². The number of aryl methyl sites for hydroxylation is 2. The van der Waals surface area contributed by atoms with Crippen molar-refractivity contribution in [2.45, 2.75) is 57.5 Å². The predicted octanol–water partition coefficient (Wildman–Crippen LogP) is 0.901.